The van der Waals surface area contributed by atoms with Crippen LogP contribution in [0.15, 0.2) is 42.6 Å². The summed E-state index contributed by atoms with van der Waals surface area (Å²) in [5.74, 6) is -0.933. The highest BCUT2D eigenvalue weighted by Gasteiger charge is 2.04. The van der Waals surface area contributed by atoms with Gasteiger partial charge in [0.2, 0.25) is 0 Å². The van der Waals surface area contributed by atoms with Gasteiger partial charge < -0.3 is 5.11 Å². The largest absolute Gasteiger partial charge is 0.478 e. The van der Waals surface area contributed by atoms with Crippen molar-refractivity contribution in [1.82, 2.24) is 14.8 Å². The number of pyridine rings is 1. The Morgan fingerprint density at radius 1 is 1.19 bits per heavy atom. The summed E-state index contributed by atoms with van der Waals surface area (Å²) < 4.78 is 1.77. The number of benzene rings is 1. The van der Waals surface area contributed by atoms with Gasteiger partial charge in [0.25, 0.3) is 0 Å². The van der Waals surface area contributed by atoms with Crippen LogP contribution < -0.4 is 0 Å². The second kappa shape index (κ2) is 5.20. The van der Waals surface area contributed by atoms with E-state index in [4.69, 9.17) is 5.11 Å². The van der Waals surface area contributed by atoms with Gasteiger partial charge >= 0.3 is 5.97 Å². The van der Waals surface area contributed by atoms with Crippen LogP contribution in [0.4, 0.5) is 0 Å². The van der Waals surface area contributed by atoms with Crippen molar-refractivity contribution < 1.29 is 9.90 Å². The number of carbonyl (C=O) groups is 1. The lowest BCUT2D eigenvalue weighted by molar-refractivity contribution is 0.0697. The minimum atomic E-state index is -0.933. The maximum absolute atomic E-state index is 10.9. The molecule has 0 aliphatic carbocycles. The molecule has 2 aromatic heterocycles. The summed E-state index contributed by atoms with van der Waals surface area (Å²) in [5, 5.41) is 13.9. The molecule has 2 heterocycles. The quantitative estimate of drug-likeness (QED) is 0.800. The Balaban J connectivity index is 1.94. The zero-order valence-corrected chi connectivity index (χ0v) is 11.4. The van der Waals surface area contributed by atoms with Crippen LogP contribution in [0.2, 0.25) is 0 Å². The van der Waals surface area contributed by atoms with Gasteiger partial charge in [-0.25, -0.2) is 9.78 Å². The van der Waals surface area contributed by atoms with Crippen molar-refractivity contribution in [3.05, 3.63) is 59.5 Å². The van der Waals surface area contributed by atoms with Crippen molar-refractivity contribution in [3.63, 3.8) is 0 Å². The third kappa shape index (κ3) is 2.67. The number of hydrogen-bond acceptors (Lipinski definition) is 3. The number of aryl methyl sites for hydroxylation is 1. The molecular formula is C16H13N3O2. The van der Waals surface area contributed by atoms with Crippen molar-refractivity contribution in [3.8, 4) is 0 Å². The standard InChI is InChI=1S/C16H13N3O2/c1-19-14(8-9-17-19)6-5-13-4-2-11-10-12(16(20)21)3-7-15(11)18-13/h2-10H,1H3,(H,20,21)/b6-5+. The van der Waals surface area contributed by atoms with Crippen LogP contribution in [-0.4, -0.2) is 25.8 Å². The van der Waals surface area contributed by atoms with Crippen molar-refractivity contribution in [2.45, 2.75) is 0 Å². The fourth-order valence-electron chi connectivity index (χ4n) is 2.09. The molecule has 104 valence electrons. The normalized spacial score (nSPS) is 11.3. The lowest BCUT2D eigenvalue weighted by atomic mass is 10.1. The zero-order chi connectivity index (χ0) is 14.8. The molecule has 0 radical (unpaired) electrons. The molecule has 0 fully saturated rings. The zero-order valence-electron chi connectivity index (χ0n) is 11.4. The molecule has 0 amide bonds. The van der Waals surface area contributed by atoms with Crippen molar-refractivity contribution in [2.24, 2.45) is 7.05 Å². The van der Waals surface area contributed by atoms with Crippen LogP contribution in [0.1, 0.15) is 21.7 Å². The summed E-state index contributed by atoms with van der Waals surface area (Å²) in [6.07, 6.45) is 5.58. The average molecular weight is 279 g/mol. The fraction of sp³-hybridized carbons (Fsp3) is 0.0625. The highest BCUT2D eigenvalue weighted by Crippen LogP contribution is 2.16. The van der Waals surface area contributed by atoms with E-state index < -0.39 is 5.97 Å². The molecule has 0 spiro atoms. The number of aromatic nitrogens is 3. The molecule has 0 unspecified atom stereocenters. The monoisotopic (exact) mass is 279 g/mol. The fourth-order valence-corrected chi connectivity index (χ4v) is 2.09. The van der Waals surface area contributed by atoms with Gasteiger partial charge in [-0.2, -0.15) is 5.10 Å². The topological polar surface area (TPSA) is 68.0 Å². The maximum Gasteiger partial charge on any atom is 0.335 e. The first-order valence-electron chi connectivity index (χ1n) is 6.44. The number of aromatic carboxylic acids is 1. The molecule has 0 bridgehead atoms. The first-order chi connectivity index (χ1) is 10.1. The molecule has 5 nitrogen and oxygen atoms in total. The molecule has 0 aliphatic rings. The van der Waals surface area contributed by atoms with E-state index in [0.29, 0.717) is 0 Å². The maximum atomic E-state index is 10.9. The van der Waals surface area contributed by atoms with Crippen LogP contribution in [0.3, 0.4) is 0 Å². The van der Waals surface area contributed by atoms with Gasteiger partial charge in [0.15, 0.2) is 0 Å². The molecule has 3 aromatic rings. The van der Waals surface area contributed by atoms with E-state index in [1.54, 1.807) is 29.1 Å². The smallest absolute Gasteiger partial charge is 0.335 e. The number of carboxylic acids is 1. The van der Waals surface area contributed by atoms with Gasteiger partial charge in [-0.3, -0.25) is 4.68 Å². The average Bonchev–Trinajstić information content (AvgIpc) is 2.89. The molecule has 0 atom stereocenters. The van der Waals surface area contributed by atoms with E-state index in [0.717, 1.165) is 22.3 Å². The number of fused-ring (bicyclic) bond motifs is 1. The predicted molar refractivity (Wildman–Crippen MR) is 80.8 cm³/mol. The van der Waals surface area contributed by atoms with Crippen LogP contribution in [-0.2, 0) is 7.05 Å². The molecule has 21 heavy (non-hydrogen) atoms. The van der Waals surface area contributed by atoms with Crippen molar-refractivity contribution in [1.29, 1.82) is 0 Å². The Morgan fingerprint density at radius 3 is 2.76 bits per heavy atom. The molecule has 1 aromatic carbocycles. The van der Waals surface area contributed by atoms with Gasteiger partial charge in [-0.1, -0.05) is 6.07 Å². The number of hydrogen-bond donors (Lipinski definition) is 1. The molecule has 5 heteroatoms. The Hall–Kier alpha value is -2.95. The minimum Gasteiger partial charge on any atom is -0.478 e. The molecule has 0 aliphatic heterocycles. The van der Waals surface area contributed by atoms with E-state index in [1.807, 2.05) is 37.4 Å². The molecule has 1 N–H and O–H groups in total. The summed E-state index contributed by atoms with van der Waals surface area (Å²) in [7, 11) is 1.88. The van der Waals surface area contributed by atoms with Gasteiger partial charge in [0, 0.05) is 18.6 Å². The summed E-state index contributed by atoms with van der Waals surface area (Å²) in [6.45, 7) is 0. The molecule has 0 saturated carbocycles. The minimum absolute atomic E-state index is 0.266. The SMILES string of the molecule is Cn1nccc1/C=C/c1ccc2cc(C(=O)O)ccc2n1. The van der Waals surface area contributed by atoms with Crippen LogP contribution >= 0.6 is 0 Å². The Kier molecular flexibility index (Phi) is 3.23. The summed E-state index contributed by atoms with van der Waals surface area (Å²) in [6, 6.07) is 10.6. The van der Waals surface area contributed by atoms with Crippen LogP contribution in [0.25, 0.3) is 23.1 Å². The third-order valence-corrected chi connectivity index (χ3v) is 3.24. The lowest BCUT2D eigenvalue weighted by Crippen LogP contribution is -1.96. The van der Waals surface area contributed by atoms with Gasteiger partial charge in [-0.05, 0) is 42.5 Å². The second-order valence-electron chi connectivity index (χ2n) is 4.66. The van der Waals surface area contributed by atoms with Crippen LogP contribution in [0.5, 0.6) is 0 Å². The highest BCUT2D eigenvalue weighted by atomic mass is 16.4. The van der Waals surface area contributed by atoms with E-state index in [1.165, 1.54) is 0 Å². The Bertz CT molecular complexity index is 850. The summed E-state index contributed by atoms with van der Waals surface area (Å²) in [4.78, 5) is 15.4. The highest BCUT2D eigenvalue weighted by molar-refractivity contribution is 5.93. The summed E-state index contributed by atoms with van der Waals surface area (Å²) in [5.41, 5.74) is 2.83. The third-order valence-electron chi connectivity index (χ3n) is 3.24. The Labute approximate surface area is 121 Å². The predicted octanol–water partition coefficient (Wildman–Crippen LogP) is 2.84. The van der Waals surface area contributed by atoms with Crippen molar-refractivity contribution in [2.75, 3.05) is 0 Å². The van der Waals surface area contributed by atoms with E-state index in [-0.39, 0.29) is 5.56 Å². The number of rotatable bonds is 3. The van der Waals surface area contributed by atoms with E-state index in [2.05, 4.69) is 10.1 Å². The molecule has 3 rings (SSSR count). The Morgan fingerprint density at radius 2 is 2.05 bits per heavy atom. The first-order valence-corrected chi connectivity index (χ1v) is 6.44. The first kappa shape index (κ1) is 13.1. The van der Waals surface area contributed by atoms with Crippen molar-refractivity contribution >= 4 is 29.0 Å². The van der Waals surface area contributed by atoms with Gasteiger partial charge in [-0.15, -0.1) is 0 Å². The van der Waals surface area contributed by atoms with Crippen LogP contribution in [0, 0.1) is 0 Å². The van der Waals surface area contributed by atoms with E-state index >= 15 is 0 Å². The second-order valence-corrected chi connectivity index (χ2v) is 4.66. The number of nitrogens with zero attached hydrogens (tertiary/aromatic N) is 3. The molecule has 0 saturated heterocycles. The van der Waals surface area contributed by atoms with Gasteiger partial charge in [0.1, 0.15) is 0 Å². The summed E-state index contributed by atoms with van der Waals surface area (Å²) >= 11 is 0. The lowest BCUT2D eigenvalue weighted by Gasteiger charge is -2.01. The van der Waals surface area contributed by atoms with E-state index in [9.17, 15) is 4.79 Å². The number of carboxylic acid groups (broad SMARTS) is 1. The van der Waals surface area contributed by atoms with Gasteiger partial charge in [0.05, 0.1) is 22.5 Å². The molecular weight excluding hydrogens is 266 g/mol.